The van der Waals surface area contributed by atoms with Crippen LogP contribution in [0.3, 0.4) is 0 Å². The Morgan fingerprint density at radius 2 is 2.19 bits per heavy atom. The predicted octanol–water partition coefficient (Wildman–Crippen LogP) is 1.77. The minimum absolute atomic E-state index is 0.235. The molecule has 0 aromatic heterocycles. The van der Waals surface area contributed by atoms with Crippen LogP contribution >= 0.6 is 0 Å². The van der Waals surface area contributed by atoms with Gasteiger partial charge in [-0.2, -0.15) is 0 Å². The Labute approximate surface area is 94.9 Å². The van der Waals surface area contributed by atoms with Crippen molar-refractivity contribution in [2.45, 2.75) is 13.3 Å². The van der Waals surface area contributed by atoms with E-state index in [1.54, 1.807) is 13.1 Å². The first kappa shape index (κ1) is 12.2. The van der Waals surface area contributed by atoms with Crippen molar-refractivity contribution in [3.05, 3.63) is 35.4 Å². The van der Waals surface area contributed by atoms with Gasteiger partial charge in [0.1, 0.15) is 7.11 Å². The summed E-state index contributed by atoms with van der Waals surface area (Å²) >= 11 is 0. The van der Waals surface area contributed by atoms with Crippen LogP contribution in [0.5, 0.6) is 0 Å². The third kappa shape index (κ3) is 3.73. The smallest absolute Gasteiger partial charge is 0.310 e. The van der Waals surface area contributed by atoms with Crippen LogP contribution < -0.4 is 0 Å². The van der Waals surface area contributed by atoms with E-state index in [1.807, 2.05) is 24.3 Å². The largest absolute Gasteiger partial charge is 0.466 e. The first-order chi connectivity index (χ1) is 7.77. The van der Waals surface area contributed by atoms with Gasteiger partial charge < -0.3 is 9.57 Å². The second-order valence-corrected chi connectivity index (χ2v) is 3.10. The van der Waals surface area contributed by atoms with Crippen LogP contribution in [0.25, 0.3) is 0 Å². The molecule has 0 saturated carbocycles. The van der Waals surface area contributed by atoms with Crippen LogP contribution in [0, 0.1) is 0 Å². The average Bonchev–Trinajstić information content (AvgIpc) is 2.28. The fraction of sp³-hybridized carbons (Fsp3) is 0.333. The number of rotatable bonds is 5. The monoisotopic (exact) mass is 221 g/mol. The van der Waals surface area contributed by atoms with Gasteiger partial charge in [0.25, 0.3) is 0 Å². The zero-order chi connectivity index (χ0) is 11.8. The van der Waals surface area contributed by atoms with Crippen LogP contribution in [-0.2, 0) is 20.8 Å². The summed E-state index contributed by atoms with van der Waals surface area (Å²) < 4.78 is 4.89. The maximum absolute atomic E-state index is 11.3. The molecule has 0 N–H and O–H groups in total. The predicted molar refractivity (Wildman–Crippen MR) is 61.4 cm³/mol. The van der Waals surface area contributed by atoms with E-state index in [1.165, 1.54) is 7.11 Å². The summed E-state index contributed by atoms with van der Waals surface area (Å²) in [4.78, 5) is 15.9. The van der Waals surface area contributed by atoms with Gasteiger partial charge in [0, 0.05) is 0 Å². The first-order valence-electron chi connectivity index (χ1n) is 5.08. The van der Waals surface area contributed by atoms with E-state index in [4.69, 9.17) is 4.74 Å². The Kier molecular flexibility index (Phi) is 5.05. The average molecular weight is 221 g/mol. The van der Waals surface area contributed by atoms with Gasteiger partial charge in [0.05, 0.1) is 19.2 Å². The molecule has 4 heteroatoms. The molecule has 0 aliphatic rings. The molecule has 0 bridgehead atoms. The molecule has 0 aliphatic heterocycles. The molecule has 0 aliphatic carbocycles. The molecule has 0 unspecified atom stereocenters. The third-order valence-electron chi connectivity index (χ3n) is 1.99. The van der Waals surface area contributed by atoms with Gasteiger partial charge in [-0.1, -0.05) is 29.4 Å². The summed E-state index contributed by atoms with van der Waals surface area (Å²) in [7, 11) is 1.48. The van der Waals surface area contributed by atoms with E-state index in [0.717, 1.165) is 11.1 Å². The molecular weight excluding hydrogens is 206 g/mol. The molecule has 0 saturated heterocycles. The second kappa shape index (κ2) is 6.61. The Morgan fingerprint density at radius 3 is 2.88 bits per heavy atom. The Bertz CT molecular complexity index is 374. The van der Waals surface area contributed by atoms with Crippen molar-refractivity contribution in [2.24, 2.45) is 5.16 Å². The number of oxime groups is 1. The second-order valence-electron chi connectivity index (χ2n) is 3.10. The molecule has 16 heavy (non-hydrogen) atoms. The summed E-state index contributed by atoms with van der Waals surface area (Å²) in [5.74, 6) is -0.235. The molecule has 86 valence electrons. The van der Waals surface area contributed by atoms with Gasteiger partial charge in [-0.3, -0.25) is 4.79 Å². The zero-order valence-electron chi connectivity index (χ0n) is 9.47. The number of benzene rings is 1. The highest BCUT2D eigenvalue weighted by molar-refractivity contribution is 5.84. The lowest BCUT2D eigenvalue weighted by atomic mass is 10.1. The zero-order valence-corrected chi connectivity index (χ0v) is 9.47. The van der Waals surface area contributed by atoms with Crippen molar-refractivity contribution in [1.29, 1.82) is 0 Å². The Hall–Kier alpha value is -1.84. The summed E-state index contributed by atoms with van der Waals surface area (Å²) in [6, 6.07) is 7.50. The number of esters is 1. The van der Waals surface area contributed by atoms with Crippen LogP contribution in [0.15, 0.2) is 29.4 Å². The highest BCUT2D eigenvalue weighted by Gasteiger charge is 2.06. The van der Waals surface area contributed by atoms with Crippen molar-refractivity contribution in [3.8, 4) is 0 Å². The fourth-order valence-corrected chi connectivity index (χ4v) is 1.30. The van der Waals surface area contributed by atoms with Gasteiger partial charge in [-0.25, -0.2) is 0 Å². The molecule has 1 aromatic rings. The van der Waals surface area contributed by atoms with E-state index in [2.05, 4.69) is 9.99 Å². The topological polar surface area (TPSA) is 47.9 Å². The highest BCUT2D eigenvalue weighted by atomic mass is 16.6. The molecule has 0 amide bonds. The molecule has 0 fully saturated rings. The maximum Gasteiger partial charge on any atom is 0.310 e. The normalized spacial score (nSPS) is 10.4. The number of hydrogen-bond acceptors (Lipinski definition) is 4. The lowest BCUT2D eigenvalue weighted by molar-refractivity contribution is -0.142. The van der Waals surface area contributed by atoms with Gasteiger partial charge in [0.2, 0.25) is 0 Å². The standard InChI is InChI=1S/C12H15NO3/c1-3-16-12(14)8-10-6-4-5-7-11(10)9-13-15-2/h4-7,9H,3,8H2,1-2H3/b13-9+. The van der Waals surface area contributed by atoms with E-state index in [-0.39, 0.29) is 12.4 Å². The fourth-order valence-electron chi connectivity index (χ4n) is 1.30. The van der Waals surface area contributed by atoms with Crippen LogP contribution in [0.2, 0.25) is 0 Å². The third-order valence-corrected chi connectivity index (χ3v) is 1.99. The molecule has 0 spiro atoms. The van der Waals surface area contributed by atoms with Crippen molar-refractivity contribution in [3.63, 3.8) is 0 Å². The molecular formula is C12H15NO3. The summed E-state index contributed by atoms with van der Waals surface area (Å²) in [6.45, 7) is 2.18. The van der Waals surface area contributed by atoms with Gasteiger partial charge in [-0.05, 0) is 18.1 Å². The van der Waals surface area contributed by atoms with E-state index >= 15 is 0 Å². The van der Waals surface area contributed by atoms with E-state index in [0.29, 0.717) is 6.61 Å². The van der Waals surface area contributed by atoms with E-state index in [9.17, 15) is 4.79 Å². The molecule has 1 aromatic carbocycles. The highest BCUT2D eigenvalue weighted by Crippen LogP contribution is 2.08. The van der Waals surface area contributed by atoms with Crippen molar-refractivity contribution >= 4 is 12.2 Å². The summed E-state index contributed by atoms with van der Waals surface area (Å²) in [6.07, 6.45) is 1.83. The number of carbonyl (C=O) groups excluding carboxylic acids is 1. The van der Waals surface area contributed by atoms with Crippen molar-refractivity contribution < 1.29 is 14.4 Å². The maximum atomic E-state index is 11.3. The molecule has 4 nitrogen and oxygen atoms in total. The molecule has 0 radical (unpaired) electrons. The summed E-state index contributed by atoms with van der Waals surface area (Å²) in [5.41, 5.74) is 1.74. The number of hydrogen-bond donors (Lipinski definition) is 0. The van der Waals surface area contributed by atoms with Crippen LogP contribution in [0.4, 0.5) is 0 Å². The minimum atomic E-state index is -0.235. The lowest BCUT2D eigenvalue weighted by Crippen LogP contribution is -2.09. The molecule has 0 heterocycles. The SMILES string of the molecule is CCOC(=O)Cc1ccccc1/C=N/OC. The van der Waals surface area contributed by atoms with Gasteiger partial charge >= 0.3 is 5.97 Å². The number of nitrogens with zero attached hydrogens (tertiary/aromatic N) is 1. The van der Waals surface area contributed by atoms with Crippen LogP contribution in [-0.4, -0.2) is 25.9 Å². The van der Waals surface area contributed by atoms with E-state index < -0.39 is 0 Å². The number of carbonyl (C=O) groups is 1. The Balaban J connectivity index is 2.78. The van der Waals surface area contributed by atoms with Gasteiger partial charge in [0.15, 0.2) is 0 Å². The van der Waals surface area contributed by atoms with Crippen molar-refractivity contribution in [2.75, 3.05) is 13.7 Å². The number of ether oxygens (including phenoxy) is 1. The molecule has 1 rings (SSSR count). The lowest BCUT2D eigenvalue weighted by Gasteiger charge is -2.04. The minimum Gasteiger partial charge on any atom is -0.466 e. The molecule has 0 atom stereocenters. The van der Waals surface area contributed by atoms with Crippen molar-refractivity contribution in [1.82, 2.24) is 0 Å². The van der Waals surface area contributed by atoms with Crippen LogP contribution in [0.1, 0.15) is 18.1 Å². The Morgan fingerprint density at radius 1 is 1.44 bits per heavy atom. The quantitative estimate of drug-likeness (QED) is 0.432. The first-order valence-corrected chi connectivity index (χ1v) is 5.08. The van der Waals surface area contributed by atoms with Gasteiger partial charge in [-0.15, -0.1) is 0 Å². The summed E-state index contributed by atoms with van der Waals surface area (Å²) in [5, 5.41) is 3.68.